The summed E-state index contributed by atoms with van der Waals surface area (Å²) in [6.07, 6.45) is 5.19. The highest BCUT2D eigenvalue weighted by atomic mass is 35.5. The number of hydrogen-bond acceptors (Lipinski definition) is 1. The van der Waals surface area contributed by atoms with Crippen LogP contribution < -0.4 is 0 Å². The second-order valence-corrected chi connectivity index (χ2v) is 7.36. The second-order valence-electron chi connectivity index (χ2n) is 6.30. The lowest BCUT2D eigenvalue weighted by Gasteiger charge is -2.26. The van der Waals surface area contributed by atoms with E-state index in [2.05, 4.69) is 11.5 Å². The zero-order chi connectivity index (χ0) is 14.3. The number of hydrogen-bond donors (Lipinski definition) is 0. The highest BCUT2D eigenvalue weighted by molar-refractivity contribution is 6.35. The Bertz CT molecular complexity index is 625. The number of rotatable bonds is 3. The van der Waals surface area contributed by atoms with Gasteiger partial charge in [0.15, 0.2) is 0 Å². The maximum Gasteiger partial charge on any atom is 0.127 e. The minimum absolute atomic E-state index is 0.108. The van der Waals surface area contributed by atoms with Gasteiger partial charge in [-0.05, 0) is 37.3 Å². The predicted molar refractivity (Wildman–Crippen MR) is 85.6 cm³/mol. The van der Waals surface area contributed by atoms with Gasteiger partial charge in [0.05, 0.1) is 21.4 Å². The molecular formula is C16H20Cl2N2. The van der Waals surface area contributed by atoms with E-state index in [1.54, 1.807) is 0 Å². The minimum atomic E-state index is -0.108. The van der Waals surface area contributed by atoms with Crippen molar-refractivity contribution in [1.29, 1.82) is 0 Å². The first-order chi connectivity index (χ1) is 9.50. The molecule has 2 nitrogen and oxygen atoms in total. The Balaban J connectivity index is 2.13. The summed E-state index contributed by atoms with van der Waals surface area (Å²) in [4.78, 5) is 4.69. The molecule has 0 N–H and O–H groups in total. The lowest BCUT2D eigenvalue weighted by atomic mass is 9.88. The molecule has 0 aliphatic heterocycles. The van der Waals surface area contributed by atoms with E-state index in [0.29, 0.717) is 5.41 Å². The predicted octanol–water partition coefficient (Wildman–Crippen LogP) is 5.57. The van der Waals surface area contributed by atoms with Crippen LogP contribution in [0.3, 0.4) is 0 Å². The van der Waals surface area contributed by atoms with Crippen LogP contribution in [0.4, 0.5) is 0 Å². The van der Waals surface area contributed by atoms with Crippen LogP contribution in [-0.4, -0.2) is 9.55 Å². The fourth-order valence-electron chi connectivity index (χ4n) is 3.39. The number of benzene rings is 1. The molecular weight excluding hydrogens is 291 g/mol. The Morgan fingerprint density at radius 2 is 2.05 bits per heavy atom. The van der Waals surface area contributed by atoms with Crippen LogP contribution in [0, 0.1) is 5.41 Å². The van der Waals surface area contributed by atoms with Gasteiger partial charge in [-0.15, -0.1) is 11.6 Å². The van der Waals surface area contributed by atoms with Crippen molar-refractivity contribution in [2.75, 3.05) is 0 Å². The highest BCUT2D eigenvalue weighted by Gasteiger charge is 2.31. The SMILES string of the molecule is CC(Cl)c1nc2cccc(Cl)c2n1CC1(C)CCCC1. The molecule has 0 spiro atoms. The maximum atomic E-state index is 6.41. The molecule has 0 bridgehead atoms. The van der Waals surface area contributed by atoms with Crippen molar-refractivity contribution in [1.82, 2.24) is 9.55 Å². The molecule has 1 saturated carbocycles. The van der Waals surface area contributed by atoms with Gasteiger partial charge in [0.25, 0.3) is 0 Å². The Morgan fingerprint density at radius 3 is 2.70 bits per heavy atom. The van der Waals surface area contributed by atoms with E-state index in [1.807, 2.05) is 25.1 Å². The summed E-state index contributed by atoms with van der Waals surface area (Å²) in [5.74, 6) is 0.933. The van der Waals surface area contributed by atoms with Crippen LogP contribution in [0.5, 0.6) is 0 Å². The summed E-state index contributed by atoms with van der Waals surface area (Å²) in [7, 11) is 0. The molecule has 1 atom stereocenters. The van der Waals surface area contributed by atoms with Crippen LogP contribution in [0.2, 0.25) is 5.02 Å². The van der Waals surface area contributed by atoms with Crippen LogP contribution in [0.15, 0.2) is 18.2 Å². The zero-order valence-corrected chi connectivity index (χ0v) is 13.5. The summed E-state index contributed by atoms with van der Waals surface area (Å²) in [5.41, 5.74) is 2.32. The van der Waals surface area contributed by atoms with E-state index in [-0.39, 0.29) is 5.38 Å². The van der Waals surface area contributed by atoms with E-state index < -0.39 is 0 Å². The molecule has 1 aliphatic carbocycles. The van der Waals surface area contributed by atoms with Crippen molar-refractivity contribution in [2.45, 2.75) is 51.5 Å². The minimum Gasteiger partial charge on any atom is -0.325 e. The number of nitrogens with zero attached hydrogens (tertiary/aromatic N) is 2. The molecule has 1 aliphatic rings. The molecule has 0 amide bonds. The summed E-state index contributed by atoms with van der Waals surface area (Å²) in [5, 5.41) is 0.656. The molecule has 4 heteroatoms. The third-order valence-electron chi connectivity index (χ3n) is 4.45. The monoisotopic (exact) mass is 310 g/mol. The molecule has 1 unspecified atom stereocenters. The first-order valence-corrected chi connectivity index (χ1v) is 8.10. The lowest BCUT2D eigenvalue weighted by Crippen LogP contribution is -2.21. The van der Waals surface area contributed by atoms with Crippen molar-refractivity contribution >= 4 is 34.2 Å². The van der Waals surface area contributed by atoms with Gasteiger partial charge in [-0.25, -0.2) is 4.98 Å². The van der Waals surface area contributed by atoms with Gasteiger partial charge in [0.2, 0.25) is 0 Å². The normalized spacial score (nSPS) is 19.6. The van der Waals surface area contributed by atoms with E-state index in [0.717, 1.165) is 28.4 Å². The van der Waals surface area contributed by atoms with Crippen molar-refractivity contribution in [3.05, 3.63) is 29.0 Å². The second kappa shape index (κ2) is 5.23. The third-order valence-corrected chi connectivity index (χ3v) is 4.95. The van der Waals surface area contributed by atoms with Gasteiger partial charge in [-0.2, -0.15) is 0 Å². The van der Waals surface area contributed by atoms with E-state index in [1.165, 1.54) is 25.7 Å². The average Bonchev–Trinajstić information content (AvgIpc) is 2.95. The third kappa shape index (κ3) is 2.44. The number of halogens is 2. The van der Waals surface area contributed by atoms with Gasteiger partial charge in [-0.1, -0.05) is 37.4 Å². The van der Waals surface area contributed by atoms with Crippen molar-refractivity contribution in [2.24, 2.45) is 5.41 Å². The Labute approximate surface area is 130 Å². The number of aromatic nitrogens is 2. The molecule has 20 heavy (non-hydrogen) atoms. The van der Waals surface area contributed by atoms with E-state index >= 15 is 0 Å². The fraction of sp³-hybridized carbons (Fsp3) is 0.562. The van der Waals surface area contributed by atoms with Crippen molar-refractivity contribution in [3.63, 3.8) is 0 Å². The average molecular weight is 311 g/mol. The quantitative estimate of drug-likeness (QED) is 0.678. The largest absolute Gasteiger partial charge is 0.325 e. The topological polar surface area (TPSA) is 17.8 Å². The lowest BCUT2D eigenvalue weighted by molar-refractivity contribution is 0.281. The number of para-hydroxylation sites is 1. The van der Waals surface area contributed by atoms with Gasteiger partial charge < -0.3 is 4.57 Å². The van der Waals surface area contributed by atoms with Crippen LogP contribution in [-0.2, 0) is 6.54 Å². The van der Waals surface area contributed by atoms with Crippen LogP contribution in [0.25, 0.3) is 11.0 Å². The highest BCUT2D eigenvalue weighted by Crippen LogP contribution is 2.41. The summed E-state index contributed by atoms with van der Waals surface area (Å²) < 4.78 is 2.25. The Morgan fingerprint density at radius 1 is 1.35 bits per heavy atom. The summed E-state index contributed by atoms with van der Waals surface area (Å²) in [6.45, 7) is 5.30. The molecule has 0 radical (unpaired) electrons. The van der Waals surface area contributed by atoms with Gasteiger partial charge >= 0.3 is 0 Å². The molecule has 1 aromatic heterocycles. The van der Waals surface area contributed by atoms with Crippen LogP contribution >= 0.6 is 23.2 Å². The van der Waals surface area contributed by atoms with E-state index in [9.17, 15) is 0 Å². The van der Waals surface area contributed by atoms with Gasteiger partial charge in [0, 0.05) is 6.54 Å². The zero-order valence-electron chi connectivity index (χ0n) is 12.0. The maximum absolute atomic E-state index is 6.41. The van der Waals surface area contributed by atoms with Crippen molar-refractivity contribution < 1.29 is 0 Å². The van der Waals surface area contributed by atoms with Crippen molar-refractivity contribution in [3.8, 4) is 0 Å². The molecule has 108 valence electrons. The van der Waals surface area contributed by atoms with Gasteiger partial charge in [0.1, 0.15) is 5.82 Å². The molecule has 1 fully saturated rings. The van der Waals surface area contributed by atoms with Crippen LogP contribution in [0.1, 0.15) is 50.7 Å². The van der Waals surface area contributed by atoms with E-state index in [4.69, 9.17) is 28.2 Å². The Kier molecular flexibility index (Phi) is 3.72. The first-order valence-electron chi connectivity index (χ1n) is 7.29. The Hall–Kier alpha value is -0.730. The molecule has 1 aromatic carbocycles. The summed E-state index contributed by atoms with van der Waals surface area (Å²) in [6, 6.07) is 5.89. The fourth-order valence-corrected chi connectivity index (χ4v) is 3.83. The number of alkyl halides is 1. The number of imidazole rings is 1. The summed E-state index contributed by atoms with van der Waals surface area (Å²) >= 11 is 12.7. The molecule has 2 aromatic rings. The standard InChI is InChI=1S/C16H20Cl2N2/c1-11(17)15-19-13-7-5-6-12(18)14(13)20(15)10-16(2)8-3-4-9-16/h5-7,11H,3-4,8-10H2,1-2H3. The number of fused-ring (bicyclic) bond motifs is 1. The van der Waals surface area contributed by atoms with Gasteiger partial charge in [-0.3, -0.25) is 0 Å². The first kappa shape index (κ1) is 14.2. The molecule has 3 rings (SSSR count). The molecule has 1 heterocycles. The smallest absolute Gasteiger partial charge is 0.127 e. The molecule has 0 saturated heterocycles.